The zero-order valence-electron chi connectivity index (χ0n) is 14.2. The fraction of sp³-hybridized carbons (Fsp3) is 1.00. The second kappa shape index (κ2) is 15.9. The van der Waals surface area contributed by atoms with E-state index in [4.69, 9.17) is 14.5 Å². The van der Waals surface area contributed by atoms with Crippen LogP contribution in [0.2, 0.25) is 0 Å². The van der Waals surface area contributed by atoms with Crippen molar-refractivity contribution in [3.63, 3.8) is 0 Å². The van der Waals surface area contributed by atoms with Crippen LogP contribution < -0.4 is 0 Å². The van der Waals surface area contributed by atoms with Crippen LogP contribution in [0.25, 0.3) is 0 Å². The Morgan fingerprint density at radius 3 is 1.59 bits per heavy atom. The summed E-state index contributed by atoms with van der Waals surface area (Å²) in [6.07, 6.45) is 14.6. The maximum atomic E-state index is 10.4. The molecule has 0 heterocycles. The Labute approximate surface area is 136 Å². The standard InChI is InChI=1S/C16H35O5P/c1-2-3-4-5-6-7-8-9-10-11-14-20-15-12-13-16-21-22(17,18)19/h2-16H2,1H3,(H2,17,18,19). The fourth-order valence-electron chi connectivity index (χ4n) is 2.28. The van der Waals surface area contributed by atoms with E-state index in [1.807, 2.05) is 0 Å². The number of hydrogen-bond donors (Lipinski definition) is 2. The summed E-state index contributed by atoms with van der Waals surface area (Å²) in [4.78, 5) is 17.0. The SMILES string of the molecule is CCCCCCCCCCCCOCCCCOP(=O)(O)O. The molecule has 0 aliphatic heterocycles. The summed E-state index contributed by atoms with van der Waals surface area (Å²) in [5.74, 6) is 0. The van der Waals surface area contributed by atoms with E-state index in [9.17, 15) is 4.57 Å². The molecule has 5 nitrogen and oxygen atoms in total. The van der Waals surface area contributed by atoms with Crippen LogP contribution in [-0.2, 0) is 13.8 Å². The monoisotopic (exact) mass is 338 g/mol. The quantitative estimate of drug-likeness (QED) is 0.294. The zero-order chi connectivity index (χ0) is 16.5. The molecule has 134 valence electrons. The van der Waals surface area contributed by atoms with E-state index < -0.39 is 7.82 Å². The van der Waals surface area contributed by atoms with Gasteiger partial charge in [-0.2, -0.15) is 0 Å². The van der Waals surface area contributed by atoms with Crippen molar-refractivity contribution in [3.8, 4) is 0 Å². The summed E-state index contributed by atoms with van der Waals surface area (Å²) >= 11 is 0. The van der Waals surface area contributed by atoms with E-state index in [-0.39, 0.29) is 6.61 Å². The number of phosphoric acid groups is 1. The van der Waals surface area contributed by atoms with Gasteiger partial charge in [-0.1, -0.05) is 64.7 Å². The Hall–Kier alpha value is 0.0700. The molecule has 0 amide bonds. The maximum absolute atomic E-state index is 10.4. The van der Waals surface area contributed by atoms with Crippen LogP contribution in [0.15, 0.2) is 0 Å². The largest absolute Gasteiger partial charge is 0.469 e. The van der Waals surface area contributed by atoms with Gasteiger partial charge in [0, 0.05) is 13.2 Å². The minimum absolute atomic E-state index is 0.0892. The molecule has 0 aliphatic rings. The minimum atomic E-state index is -4.29. The first-order valence-corrected chi connectivity index (χ1v) is 10.4. The van der Waals surface area contributed by atoms with E-state index in [0.717, 1.165) is 19.4 Å². The molecule has 0 saturated heterocycles. The molecular weight excluding hydrogens is 303 g/mol. The Balaban J connectivity index is 3.01. The van der Waals surface area contributed by atoms with E-state index in [0.29, 0.717) is 13.0 Å². The number of hydrogen-bond acceptors (Lipinski definition) is 3. The lowest BCUT2D eigenvalue weighted by atomic mass is 10.1. The predicted octanol–water partition coefficient (Wildman–Crippen LogP) is 4.81. The van der Waals surface area contributed by atoms with Crippen molar-refractivity contribution < 1.29 is 23.6 Å². The third-order valence-corrected chi connectivity index (χ3v) is 4.10. The first kappa shape index (κ1) is 22.1. The van der Waals surface area contributed by atoms with Gasteiger partial charge in [-0.3, -0.25) is 4.52 Å². The third-order valence-electron chi connectivity index (χ3n) is 3.58. The highest BCUT2D eigenvalue weighted by atomic mass is 31.2. The Morgan fingerprint density at radius 2 is 1.09 bits per heavy atom. The molecule has 0 aromatic rings. The molecule has 6 heteroatoms. The summed E-state index contributed by atoms with van der Waals surface area (Å²) in [5.41, 5.74) is 0. The van der Waals surface area contributed by atoms with E-state index in [1.165, 1.54) is 57.8 Å². The minimum Gasteiger partial charge on any atom is -0.381 e. The molecule has 2 N–H and O–H groups in total. The van der Waals surface area contributed by atoms with Crippen LogP contribution in [0.3, 0.4) is 0 Å². The normalized spacial score (nSPS) is 12.0. The summed E-state index contributed by atoms with van der Waals surface area (Å²) in [5, 5.41) is 0. The summed E-state index contributed by atoms with van der Waals surface area (Å²) < 4.78 is 20.3. The molecule has 0 bridgehead atoms. The molecule has 0 saturated carbocycles. The summed E-state index contributed by atoms with van der Waals surface area (Å²) in [7, 11) is -4.29. The van der Waals surface area contributed by atoms with Crippen LogP contribution >= 0.6 is 7.82 Å². The van der Waals surface area contributed by atoms with E-state index >= 15 is 0 Å². The van der Waals surface area contributed by atoms with Gasteiger partial charge in [-0.05, 0) is 19.3 Å². The van der Waals surface area contributed by atoms with Crippen LogP contribution in [0.4, 0.5) is 0 Å². The molecule has 0 radical (unpaired) electrons. The summed E-state index contributed by atoms with van der Waals surface area (Å²) in [6.45, 7) is 3.77. The van der Waals surface area contributed by atoms with Crippen molar-refractivity contribution in [3.05, 3.63) is 0 Å². The number of phosphoric ester groups is 1. The molecule has 0 atom stereocenters. The molecule has 0 spiro atoms. The number of rotatable bonds is 17. The molecule has 0 aromatic carbocycles. The summed E-state index contributed by atoms with van der Waals surface area (Å²) in [6, 6.07) is 0. The third kappa shape index (κ3) is 20.1. The maximum Gasteiger partial charge on any atom is 0.469 e. The van der Waals surface area contributed by atoms with Crippen LogP contribution in [0.5, 0.6) is 0 Å². The van der Waals surface area contributed by atoms with Crippen molar-refractivity contribution in [2.45, 2.75) is 84.0 Å². The Kier molecular flexibility index (Phi) is 16.0. The van der Waals surface area contributed by atoms with E-state index in [2.05, 4.69) is 11.4 Å². The smallest absolute Gasteiger partial charge is 0.381 e. The molecule has 22 heavy (non-hydrogen) atoms. The van der Waals surface area contributed by atoms with Gasteiger partial charge in [0.15, 0.2) is 0 Å². The van der Waals surface area contributed by atoms with Gasteiger partial charge < -0.3 is 14.5 Å². The highest BCUT2D eigenvalue weighted by Crippen LogP contribution is 2.35. The van der Waals surface area contributed by atoms with Crippen LogP contribution in [0.1, 0.15) is 84.0 Å². The topological polar surface area (TPSA) is 76.0 Å². The molecule has 0 rings (SSSR count). The first-order valence-electron chi connectivity index (χ1n) is 8.84. The van der Waals surface area contributed by atoms with Gasteiger partial charge in [0.05, 0.1) is 6.61 Å². The van der Waals surface area contributed by atoms with Crippen LogP contribution in [-0.4, -0.2) is 29.6 Å². The van der Waals surface area contributed by atoms with Gasteiger partial charge in [0.1, 0.15) is 0 Å². The van der Waals surface area contributed by atoms with Crippen molar-refractivity contribution in [1.29, 1.82) is 0 Å². The molecule has 0 aliphatic carbocycles. The first-order chi connectivity index (χ1) is 10.6. The average molecular weight is 338 g/mol. The highest BCUT2D eigenvalue weighted by molar-refractivity contribution is 7.46. The van der Waals surface area contributed by atoms with Crippen molar-refractivity contribution in [2.75, 3.05) is 19.8 Å². The highest BCUT2D eigenvalue weighted by Gasteiger charge is 2.12. The average Bonchev–Trinajstić information content (AvgIpc) is 2.45. The van der Waals surface area contributed by atoms with Gasteiger partial charge in [0.2, 0.25) is 0 Å². The zero-order valence-corrected chi connectivity index (χ0v) is 15.1. The lowest BCUT2D eigenvalue weighted by Crippen LogP contribution is -1.99. The lowest BCUT2D eigenvalue weighted by Gasteiger charge is -2.06. The predicted molar refractivity (Wildman–Crippen MR) is 89.9 cm³/mol. The molecular formula is C16H35O5P. The Morgan fingerprint density at radius 1 is 0.682 bits per heavy atom. The fourth-order valence-corrected chi connectivity index (χ4v) is 2.65. The molecule has 0 unspecified atom stereocenters. The van der Waals surface area contributed by atoms with E-state index in [1.54, 1.807) is 0 Å². The van der Waals surface area contributed by atoms with Gasteiger partial charge >= 0.3 is 7.82 Å². The van der Waals surface area contributed by atoms with Crippen molar-refractivity contribution >= 4 is 7.82 Å². The van der Waals surface area contributed by atoms with Crippen LogP contribution in [0, 0.1) is 0 Å². The van der Waals surface area contributed by atoms with Gasteiger partial charge in [-0.15, -0.1) is 0 Å². The Bertz CT molecular complexity index is 267. The molecule has 0 aromatic heterocycles. The second-order valence-corrected chi connectivity index (χ2v) is 7.06. The number of ether oxygens (including phenoxy) is 1. The second-order valence-electron chi connectivity index (χ2n) is 5.83. The van der Waals surface area contributed by atoms with Gasteiger partial charge in [-0.25, -0.2) is 4.57 Å². The lowest BCUT2D eigenvalue weighted by molar-refractivity contribution is 0.119. The van der Waals surface area contributed by atoms with Gasteiger partial charge in [0.25, 0.3) is 0 Å². The van der Waals surface area contributed by atoms with Crippen molar-refractivity contribution in [2.24, 2.45) is 0 Å². The van der Waals surface area contributed by atoms with Crippen molar-refractivity contribution in [1.82, 2.24) is 0 Å². The molecule has 0 fully saturated rings. The number of unbranched alkanes of at least 4 members (excludes halogenated alkanes) is 10.